The first-order valence-corrected chi connectivity index (χ1v) is 6.78. The topological polar surface area (TPSA) is 52.0 Å². The second kappa shape index (κ2) is 4.31. The fourth-order valence-corrected chi connectivity index (χ4v) is 3.61. The van der Waals surface area contributed by atoms with Gasteiger partial charge >= 0.3 is 0 Å². The van der Waals surface area contributed by atoms with Crippen molar-refractivity contribution in [3.63, 3.8) is 0 Å². The van der Waals surface area contributed by atoms with Crippen LogP contribution in [0.2, 0.25) is 0 Å². The van der Waals surface area contributed by atoms with E-state index in [2.05, 4.69) is 29.4 Å². The van der Waals surface area contributed by atoms with Crippen molar-refractivity contribution in [2.24, 2.45) is 18.4 Å². The van der Waals surface area contributed by atoms with Crippen LogP contribution in [0.4, 0.5) is 0 Å². The molecule has 1 saturated carbocycles. The lowest BCUT2D eigenvalue weighted by Gasteiger charge is -2.60. The lowest BCUT2D eigenvalue weighted by atomic mass is 9.55. The van der Waals surface area contributed by atoms with Gasteiger partial charge in [-0.25, -0.2) is 0 Å². The molecule has 3 unspecified atom stereocenters. The summed E-state index contributed by atoms with van der Waals surface area (Å²) in [5.41, 5.74) is 0.226. The van der Waals surface area contributed by atoms with E-state index in [9.17, 15) is 0 Å². The highest BCUT2D eigenvalue weighted by Gasteiger charge is 2.57. The van der Waals surface area contributed by atoms with Crippen molar-refractivity contribution < 1.29 is 4.74 Å². The smallest absolute Gasteiger partial charge is 0.146 e. The summed E-state index contributed by atoms with van der Waals surface area (Å²) in [7, 11) is 1.98. The van der Waals surface area contributed by atoms with Crippen LogP contribution in [0.25, 0.3) is 0 Å². The number of hydrogen-bond acceptors (Lipinski definition) is 4. The van der Waals surface area contributed by atoms with Crippen LogP contribution in [0.15, 0.2) is 6.33 Å². The summed E-state index contributed by atoms with van der Waals surface area (Å²) in [5.74, 6) is 1.66. The molecular weight excluding hydrogens is 228 g/mol. The molecule has 2 heterocycles. The maximum absolute atomic E-state index is 5.91. The van der Waals surface area contributed by atoms with Crippen molar-refractivity contribution in [1.29, 1.82) is 0 Å². The highest BCUT2D eigenvalue weighted by molar-refractivity contribution is 5.10. The SMILES string of the molecule is Cn1cnnc1CNC1C2CCCOC2C1(C)C. The molecule has 18 heavy (non-hydrogen) atoms. The number of aromatic nitrogens is 3. The van der Waals surface area contributed by atoms with Gasteiger partial charge in [0.25, 0.3) is 0 Å². The summed E-state index contributed by atoms with van der Waals surface area (Å²) in [5, 5.41) is 11.7. The van der Waals surface area contributed by atoms with Crippen LogP contribution < -0.4 is 5.32 Å². The van der Waals surface area contributed by atoms with Crippen molar-refractivity contribution in [1.82, 2.24) is 20.1 Å². The van der Waals surface area contributed by atoms with E-state index in [0.29, 0.717) is 18.1 Å². The zero-order valence-corrected chi connectivity index (χ0v) is 11.4. The van der Waals surface area contributed by atoms with Gasteiger partial charge in [-0.2, -0.15) is 0 Å². The number of rotatable bonds is 3. The molecule has 0 bridgehead atoms. The summed E-state index contributed by atoms with van der Waals surface area (Å²) in [4.78, 5) is 0. The van der Waals surface area contributed by atoms with Gasteiger partial charge in [0.15, 0.2) is 0 Å². The summed E-state index contributed by atoms with van der Waals surface area (Å²) in [6.45, 7) is 6.32. The van der Waals surface area contributed by atoms with Crippen LogP contribution in [0, 0.1) is 11.3 Å². The van der Waals surface area contributed by atoms with Gasteiger partial charge in [-0.15, -0.1) is 10.2 Å². The zero-order valence-electron chi connectivity index (χ0n) is 11.4. The summed E-state index contributed by atoms with van der Waals surface area (Å²) in [6.07, 6.45) is 4.66. The van der Waals surface area contributed by atoms with Crippen LogP contribution in [0.5, 0.6) is 0 Å². The van der Waals surface area contributed by atoms with Gasteiger partial charge in [0.05, 0.1) is 12.6 Å². The molecule has 3 rings (SSSR count). The highest BCUT2D eigenvalue weighted by atomic mass is 16.5. The number of nitrogens with zero attached hydrogens (tertiary/aromatic N) is 3. The molecule has 0 amide bonds. The average Bonchev–Trinajstić information content (AvgIpc) is 2.75. The van der Waals surface area contributed by atoms with Crippen molar-refractivity contribution >= 4 is 0 Å². The van der Waals surface area contributed by atoms with Gasteiger partial charge in [0.2, 0.25) is 0 Å². The van der Waals surface area contributed by atoms with Crippen molar-refractivity contribution in [2.45, 2.75) is 45.4 Å². The number of fused-ring (bicyclic) bond motifs is 1. The third-order valence-corrected chi connectivity index (χ3v) is 4.62. The Morgan fingerprint density at radius 3 is 3.11 bits per heavy atom. The van der Waals surface area contributed by atoms with Gasteiger partial charge < -0.3 is 14.6 Å². The van der Waals surface area contributed by atoms with Crippen LogP contribution in [-0.4, -0.2) is 33.5 Å². The Balaban J connectivity index is 1.64. The van der Waals surface area contributed by atoms with Crippen molar-refractivity contribution in [2.75, 3.05) is 6.61 Å². The Morgan fingerprint density at radius 1 is 1.56 bits per heavy atom. The maximum atomic E-state index is 5.91. The van der Waals surface area contributed by atoms with E-state index in [0.717, 1.165) is 19.0 Å². The van der Waals surface area contributed by atoms with Gasteiger partial charge in [-0.05, 0) is 12.8 Å². The Hall–Kier alpha value is -0.940. The molecule has 5 nitrogen and oxygen atoms in total. The van der Waals surface area contributed by atoms with E-state index in [4.69, 9.17) is 4.74 Å². The molecule has 100 valence electrons. The van der Waals surface area contributed by atoms with Crippen LogP contribution in [-0.2, 0) is 18.3 Å². The fourth-order valence-electron chi connectivity index (χ4n) is 3.61. The van der Waals surface area contributed by atoms with E-state index >= 15 is 0 Å². The Labute approximate surface area is 108 Å². The molecule has 0 radical (unpaired) electrons. The Kier molecular flexibility index (Phi) is 2.90. The van der Waals surface area contributed by atoms with Crippen molar-refractivity contribution in [3.05, 3.63) is 12.2 Å². The molecule has 1 N–H and O–H groups in total. The third kappa shape index (κ3) is 1.77. The number of ether oxygens (including phenoxy) is 1. The summed E-state index contributed by atoms with van der Waals surface area (Å²) in [6, 6.07) is 0.527. The van der Waals surface area contributed by atoms with Crippen molar-refractivity contribution in [3.8, 4) is 0 Å². The van der Waals surface area contributed by atoms with E-state index in [1.54, 1.807) is 6.33 Å². The fraction of sp³-hybridized carbons (Fsp3) is 0.846. The monoisotopic (exact) mass is 250 g/mol. The maximum Gasteiger partial charge on any atom is 0.146 e. The molecule has 1 saturated heterocycles. The first-order valence-electron chi connectivity index (χ1n) is 6.78. The minimum absolute atomic E-state index is 0.226. The number of nitrogens with one attached hydrogen (secondary N) is 1. The first kappa shape index (κ1) is 12.1. The highest BCUT2D eigenvalue weighted by Crippen LogP contribution is 2.51. The van der Waals surface area contributed by atoms with Gasteiger partial charge in [0, 0.05) is 31.0 Å². The van der Waals surface area contributed by atoms with E-state index in [1.165, 1.54) is 12.8 Å². The molecule has 1 aliphatic heterocycles. The van der Waals surface area contributed by atoms with E-state index < -0.39 is 0 Å². The zero-order chi connectivity index (χ0) is 12.8. The predicted octanol–water partition coefficient (Wildman–Crippen LogP) is 1.11. The lowest BCUT2D eigenvalue weighted by molar-refractivity contribution is -0.193. The molecule has 0 aromatic carbocycles. The molecule has 5 heteroatoms. The molecule has 1 aliphatic carbocycles. The molecule has 2 aliphatic rings. The molecular formula is C13H22N4O. The van der Waals surface area contributed by atoms with Crippen LogP contribution in [0.1, 0.15) is 32.5 Å². The lowest BCUT2D eigenvalue weighted by Crippen LogP contribution is -2.69. The van der Waals surface area contributed by atoms with E-state index in [-0.39, 0.29) is 5.41 Å². The molecule has 1 aromatic heterocycles. The Bertz CT molecular complexity index is 428. The molecule has 1 aromatic rings. The molecule has 0 spiro atoms. The normalized spacial score (nSPS) is 33.8. The molecule has 2 fully saturated rings. The minimum Gasteiger partial charge on any atom is -0.377 e. The van der Waals surface area contributed by atoms with Gasteiger partial charge in [-0.1, -0.05) is 13.8 Å². The Morgan fingerprint density at radius 2 is 2.39 bits per heavy atom. The van der Waals surface area contributed by atoms with Gasteiger partial charge in [-0.3, -0.25) is 0 Å². The summed E-state index contributed by atoms with van der Waals surface area (Å²) < 4.78 is 7.88. The second-order valence-corrected chi connectivity index (χ2v) is 6.14. The largest absolute Gasteiger partial charge is 0.377 e. The van der Waals surface area contributed by atoms with Crippen LogP contribution in [0.3, 0.4) is 0 Å². The summed E-state index contributed by atoms with van der Waals surface area (Å²) >= 11 is 0. The quantitative estimate of drug-likeness (QED) is 0.873. The van der Waals surface area contributed by atoms with E-state index in [1.807, 2.05) is 11.6 Å². The standard InChI is InChI=1S/C13H22N4O/c1-13(2)11(9-5-4-6-18-12(9)13)14-7-10-16-15-8-17(10)3/h8-9,11-12,14H,4-7H2,1-3H3. The van der Waals surface area contributed by atoms with Gasteiger partial charge in [0.1, 0.15) is 12.2 Å². The average molecular weight is 250 g/mol. The molecule has 3 atom stereocenters. The minimum atomic E-state index is 0.226. The number of hydrogen-bond donors (Lipinski definition) is 1. The number of aryl methyl sites for hydroxylation is 1. The third-order valence-electron chi connectivity index (χ3n) is 4.62. The second-order valence-electron chi connectivity index (χ2n) is 6.14. The first-order chi connectivity index (χ1) is 8.60. The predicted molar refractivity (Wildman–Crippen MR) is 67.9 cm³/mol. The van der Waals surface area contributed by atoms with Crippen LogP contribution >= 0.6 is 0 Å².